The molecule has 2 amide bonds. The Kier molecular flexibility index (Phi) is 6.45. The van der Waals surface area contributed by atoms with Crippen LogP contribution < -0.4 is 4.90 Å². The zero-order chi connectivity index (χ0) is 24.4. The number of benzene rings is 1. The number of ether oxygens (including phenoxy) is 2. The molecule has 0 aromatic heterocycles. The summed E-state index contributed by atoms with van der Waals surface area (Å²) < 4.78 is 10.1. The number of methoxy groups -OCH3 is 1. The van der Waals surface area contributed by atoms with Gasteiger partial charge >= 0.3 is 11.9 Å². The van der Waals surface area contributed by atoms with E-state index in [4.69, 9.17) is 9.47 Å². The minimum absolute atomic E-state index is 0.0802. The molecule has 0 bridgehead atoms. The predicted octanol–water partition coefficient (Wildman–Crippen LogP) is 4.44. The quantitative estimate of drug-likeness (QED) is 0.383. The van der Waals surface area contributed by atoms with E-state index >= 15 is 0 Å². The van der Waals surface area contributed by atoms with Crippen LogP contribution in [0.25, 0.3) is 11.1 Å². The lowest BCUT2D eigenvalue weighted by molar-refractivity contribution is -0.139. The third kappa shape index (κ3) is 3.83. The molecule has 0 fully saturated rings. The summed E-state index contributed by atoms with van der Waals surface area (Å²) in [5.41, 5.74) is 3.79. The summed E-state index contributed by atoms with van der Waals surface area (Å²) in [4.78, 5) is 52.8. The molecule has 2 aliphatic carbocycles. The van der Waals surface area contributed by atoms with E-state index < -0.39 is 17.8 Å². The van der Waals surface area contributed by atoms with Gasteiger partial charge in [-0.25, -0.2) is 9.69 Å². The Morgan fingerprint density at radius 3 is 2.03 bits per heavy atom. The van der Waals surface area contributed by atoms with Crippen LogP contribution >= 0.6 is 0 Å². The van der Waals surface area contributed by atoms with E-state index in [1.165, 1.54) is 7.11 Å². The summed E-state index contributed by atoms with van der Waals surface area (Å²) in [6, 6.07) is 13.7. The van der Waals surface area contributed by atoms with Crippen molar-refractivity contribution in [1.82, 2.24) is 0 Å². The van der Waals surface area contributed by atoms with Crippen molar-refractivity contribution in [2.24, 2.45) is 0 Å². The van der Waals surface area contributed by atoms with Gasteiger partial charge in [0.1, 0.15) is 0 Å². The molecule has 1 heterocycles. The summed E-state index contributed by atoms with van der Waals surface area (Å²) >= 11 is 0. The van der Waals surface area contributed by atoms with Crippen LogP contribution in [0, 0.1) is 0 Å². The average Bonchev–Trinajstić information content (AvgIpc) is 3.16. The van der Waals surface area contributed by atoms with Crippen molar-refractivity contribution in [3.8, 4) is 11.1 Å². The van der Waals surface area contributed by atoms with Gasteiger partial charge in [-0.2, -0.15) is 0 Å². The maximum absolute atomic E-state index is 13.3. The standard InChI is InChI=1S/C27H25NO6/c1-4-8-19-17-13-11-16(15-22(29)33-3)12-14-18(17)23(27(32)34-5-2)24(19)28-25(30)20-9-6-7-10-21(20)26(28)31/h6-7,9-14H,4-5,8,15H2,1-3H3. The third-order valence-corrected chi connectivity index (χ3v) is 5.91. The first-order chi connectivity index (χ1) is 16.4. The lowest BCUT2D eigenvalue weighted by Crippen LogP contribution is -2.31. The number of hydrogen-bond donors (Lipinski definition) is 0. The van der Waals surface area contributed by atoms with E-state index in [2.05, 4.69) is 0 Å². The Hall–Kier alpha value is -4.00. The number of nitrogens with zero attached hydrogens (tertiary/aromatic N) is 1. The van der Waals surface area contributed by atoms with E-state index in [1.807, 2.05) is 13.0 Å². The van der Waals surface area contributed by atoms with Crippen molar-refractivity contribution in [2.75, 3.05) is 18.6 Å². The van der Waals surface area contributed by atoms with Crippen molar-refractivity contribution < 1.29 is 28.7 Å². The number of amides is 2. The van der Waals surface area contributed by atoms with Gasteiger partial charge in [0, 0.05) is 0 Å². The topological polar surface area (TPSA) is 90.0 Å². The molecule has 0 atom stereocenters. The van der Waals surface area contributed by atoms with Gasteiger partial charge in [0.15, 0.2) is 0 Å². The second-order valence-corrected chi connectivity index (χ2v) is 7.99. The van der Waals surface area contributed by atoms with Gasteiger partial charge < -0.3 is 9.47 Å². The number of carbonyl (C=O) groups is 4. The van der Waals surface area contributed by atoms with Gasteiger partial charge in [0.2, 0.25) is 0 Å². The molecule has 34 heavy (non-hydrogen) atoms. The molecule has 7 heteroatoms. The molecule has 0 saturated heterocycles. The Morgan fingerprint density at radius 1 is 0.853 bits per heavy atom. The molecule has 0 unspecified atom stereocenters. The van der Waals surface area contributed by atoms with Crippen molar-refractivity contribution in [3.05, 3.63) is 76.3 Å². The number of anilines is 1. The first-order valence-corrected chi connectivity index (χ1v) is 11.2. The van der Waals surface area contributed by atoms with E-state index in [0.717, 1.165) is 22.4 Å². The Morgan fingerprint density at radius 2 is 1.47 bits per heavy atom. The molecule has 0 N–H and O–H groups in total. The SMILES string of the molecule is CCCc1c2ccc(CC(=O)OC)ccc-2c(C(=O)OCC)c1N1C(=O)c2ccccc2C1=O. The van der Waals surface area contributed by atoms with E-state index in [1.54, 1.807) is 49.4 Å². The highest BCUT2D eigenvalue weighted by atomic mass is 16.5. The van der Waals surface area contributed by atoms with Crippen LogP contribution in [-0.4, -0.2) is 37.5 Å². The Labute approximate surface area is 197 Å². The summed E-state index contributed by atoms with van der Waals surface area (Å²) in [6.45, 7) is 3.83. The zero-order valence-electron chi connectivity index (χ0n) is 19.3. The summed E-state index contributed by atoms with van der Waals surface area (Å²) in [6.07, 6.45) is 1.34. The maximum Gasteiger partial charge on any atom is 0.340 e. The summed E-state index contributed by atoms with van der Waals surface area (Å²) in [5, 5.41) is 0. The van der Waals surface area contributed by atoms with Gasteiger partial charge in [-0.15, -0.1) is 0 Å². The fraction of sp³-hybridized carbons (Fsp3) is 0.259. The van der Waals surface area contributed by atoms with Crippen molar-refractivity contribution in [3.63, 3.8) is 0 Å². The highest BCUT2D eigenvalue weighted by Crippen LogP contribution is 2.45. The van der Waals surface area contributed by atoms with Crippen LogP contribution in [0.5, 0.6) is 0 Å². The van der Waals surface area contributed by atoms with E-state index in [-0.39, 0.29) is 30.2 Å². The largest absolute Gasteiger partial charge is 0.469 e. The predicted molar refractivity (Wildman–Crippen MR) is 126 cm³/mol. The molecule has 4 rings (SSSR count). The minimum atomic E-state index is -0.609. The second-order valence-electron chi connectivity index (χ2n) is 7.99. The van der Waals surface area contributed by atoms with Crippen molar-refractivity contribution in [2.45, 2.75) is 33.1 Å². The second kappa shape index (κ2) is 9.47. The number of hydrogen-bond acceptors (Lipinski definition) is 6. The highest BCUT2D eigenvalue weighted by Gasteiger charge is 2.42. The normalized spacial score (nSPS) is 12.7. The molecule has 1 aliphatic heterocycles. The third-order valence-electron chi connectivity index (χ3n) is 5.91. The lowest BCUT2D eigenvalue weighted by Gasteiger charge is -2.17. The van der Waals surface area contributed by atoms with Gasteiger partial charge in [-0.3, -0.25) is 14.4 Å². The van der Waals surface area contributed by atoms with Gasteiger partial charge in [0.05, 0.1) is 42.5 Å². The fourth-order valence-corrected chi connectivity index (χ4v) is 4.41. The Balaban J connectivity index is 1.98. The molecule has 1 aromatic rings. The van der Waals surface area contributed by atoms with Gasteiger partial charge in [-0.1, -0.05) is 49.7 Å². The fourth-order valence-electron chi connectivity index (χ4n) is 4.41. The van der Waals surface area contributed by atoms with E-state index in [0.29, 0.717) is 28.7 Å². The number of imide groups is 1. The van der Waals surface area contributed by atoms with Gasteiger partial charge in [-0.05, 0) is 47.7 Å². The molecular formula is C27H25NO6. The first-order valence-electron chi connectivity index (χ1n) is 11.2. The minimum Gasteiger partial charge on any atom is -0.469 e. The zero-order valence-corrected chi connectivity index (χ0v) is 19.3. The van der Waals surface area contributed by atoms with Crippen molar-refractivity contribution >= 4 is 29.4 Å². The molecule has 0 radical (unpaired) electrons. The van der Waals surface area contributed by atoms with Gasteiger partial charge in [0.25, 0.3) is 11.8 Å². The smallest absolute Gasteiger partial charge is 0.340 e. The van der Waals surface area contributed by atoms with Crippen LogP contribution in [0.2, 0.25) is 0 Å². The molecule has 3 aliphatic rings. The monoisotopic (exact) mass is 459 g/mol. The molecule has 174 valence electrons. The van der Waals surface area contributed by atoms with E-state index in [9.17, 15) is 19.2 Å². The number of esters is 2. The van der Waals surface area contributed by atoms with Crippen LogP contribution in [-0.2, 0) is 27.1 Å². The number of fused-ring (bicyclic) bond motifs is 2. The molecule has 0 saturated carbocycles. The average molecular weight is 459 g/mol. The number of carbonyl (C=O) groups excluding carboxylic acids is 4. The van der Waals surface area contributed by atoms with Crippen LogP contribution in [0.3, 0.4) is 0 Å². The first kappa shape index (κ1) is 23.2. The molecule has 0 spiro atoms. The Bertz CT molecular complexity index is 1240. The van der Waals surface area contributed by atoms with Crippen molar-refractivity contribution in [1.29, 1.82) is 0 Å². The van der Waals surface area contributed by atoms with Crippen LogP contribution in [0.15, 0.2) is 48.5 Å². The maximum atomic E-state index is 13.3. The highest BCUT2D eigenvalue weighted by molar-refractivity contribution is 6.36. The molecule has 7 nitrogen and oxygen atoms in total. The van der Waals surface area contributed by atoms with Crippen LogP contribution in [0.1, 0.15) is 62.5 Å². The lowest BCUT2D eigenvalue weighted by atomic mass is 10.1. The molecular weight excluding hydrogens is 434 g/mol. The summed E-state index contributed by atoms with van der Waals surface area (Å²) in [5.74, 6) is -1.91. The number of rotatable bonds is 7. The van der Waals surface area contributed by atoms with Crippen LogP contribution in [0.4, 0.5) is 5.69 Å². The summed E-state index contributed by atoms with van der Waals surface area (Å²) in [7, 11) is 1.33. The molecule has 1 aromatic carbocycles.